The van der Waals surface area contributed by atoms with Gasteiger partial charge < -0.3 is 34.3 Å². The van der Waals surface area contributed by atoms with Crippen molar-refractivity contribution in [2.75, 3.05) is 26.4 Å². The van der Waals surface area contributed by atoms with Crippen LogP contribution < -0.4 is 5.11 Å². The first-order chi connectivity index (χ1) is 13.8. The van der Waals surface area contributed by atoms with Crippen molar-refractivity contribution in [2.45, 2.75) is 66.3 Å². The summed E-state index contributed by atoms with van der Waals surface area (Å²) in [6, 6.07) is 0. The molecular weight excluding hydrogens is 396 g/mol. The maximum absolute atomic E-state index is 12.6. The Bertz CT molecular complexity index is 610. The van der Waals surface area contributed by atoms with Crippen LogP contribution in [-0.4, -0.2) is 66.9 Å². The summed E-state index contributed by atoms with van der Waals surface area (Å²) in [4.78, 5) is 24.1. The number of hydrogen-bond donors (Lipinski definition) is 2. The van der Waals surface area contributed by atoms with Crippen LogP contribution in [-0.2, 0) is 28.5 Å². The fourth-order valence-electron chi connectivity index (χ4n) is 2.22. The fraction of sp³-hybridized carbons (Fsp3) is 0.714. The Morgan fingerprint density at radius 3 is 2.03 bits per heavy atom. The van der Waals surface area contributed by atoms with E-state index in [0.29, 0.717) is 0 Å². The molecule has 0 aliphatic heterocycles. The SMILES string of the molecule is C=C(C)C(=O)OCC(C)OCC(C)(C/C(C)=C(\[O-])OCC(C)O)C(=O)OCC(C)O. The quantitative estimate of drug-likeness (QED) is 0.233. The Balaban J connectivity index is 5.20. The molecule has 4 unspecified atom stereocenters. The molecule has 0 amide bonds. The molecule has 0 fully saturated rings. The van der Waals surface area contributed by atoms with Crippen molar-refractivity contribution in [1.82, 2.24) is 0 Å². The number of rotatable bonds is 14. The number of hydrogen-bond acceptors (Lipinski definition) is 9. The predicted octanol–water partition coefficient (Wildman–Crippen LogP) is 0.820. The molecule has 9 nitrogen and oxygen atoms in total. The normalized spacial score (nSPS) is 17.1. The molecule has 0 aromatic carbocycles. The molecule has 30 heavy (non-hydrogen) atoms. The summed E-state index contributed by atoms with van der Waals surface area (Å²) >= 11 is 0. The summed E-state index contributed by atoms with van der Waals surface area (Å²) in [5.41, 5.74) is -0.748. The molecule has 0 aromatic heterocycles. The highest BCUT2D eigenvalue weighted by Crippen LogP contribution is 2.30. The second-order valence-electron chi connectivity index (χ2n) is 7.91. The van der Waals surface area contributed by atoms with Gasteiger partial charge in [-0.1, -0.05) is 12.2 Å². The van der Waals surface area contributed by atoms with Gasteiger partial charge in [-0.2, -0.15) is 0 Å². The van der Waals surface area contributed by atoms with E-state index in [1.807, 2.05) is 0 Å². The molecule has 174 valence electrons. The second-order valence-corrected chi connectivity index (χ2v) is 7.91. The van der Waals surface area contributed by atoms with Crippen LogP contribution in [0.3, 0.4) is 0 Å². The van der Waals surface area contributed by atoms with E-state index in [2.05, 4.69) is 6.58 Å². The Kier molecular flexibility index (Phi) is 12.3. The first-order valence-corrected chi connectivity index (χ1v) is 9.75. The van der Waals surface area contributed by atoms with Crippen molar-refractivity contribution in [2.24, 2.45) is 5.41 Å². The fourth-order valence-corrected chi connectivity index (χ4v) is 2.22. The highest BCUT2D eigenvalue weighted by molar-refractivity contribution is 5.86. The molecule has 0 spiro atoms. The van der Waals surface area contributed by atoms with Crippen molar-refractivity contribution < 1.29 is 43.9 Å². The van der Waals surface area contributed by atoms with E-state index in [9.17, 15) is 24.9 Å². The highest BCUT2D eigenvalue weighted by atomic mass is 16.6. The molecular formula is C21H35O9-. The third-order valence-corrected chi connectivity index (χ3v) is 3.89. The molecule has 0 aliphatic carbocycles. The van der Waals surface area contributed by atoms with E-state index >= 15 is 0 Å². The van der Waals surface area contributed by atoms with Gasteiger partial charge in [0.05, 0.1) is 36.3 Å². The predicted molar refractivity (Wildman–Crippen MR) is 107 cm³/mol. The van der Waals surface area contributed by atoms with Crippen LogP contribution in [0.15, 0.2) is 23.7 Å². The van der Waals surface area contributed by atoms with Gasteiger partial charge in [-0.25, -0.2) is 4.79 Å². The van der Waals surface area contributed by atoms with Crippen molar-refractivity contribution >= 4 is 11.9 Å². The van der Waals surface area contributed by atoms with Crippen LogP contribution in [0.2, 0.25) is 0 Å². The number of carbonyl (C=O) groups excluding carboxylic acids is 2. The summed E-state index contributed by atoms with van der Waals surface area (Å²) in [6.07, 6.45) is -2.21. The Morgan fingerprint density at radius 1 is 1.00 bits per heavy atom. The van der Waals surface area contributed by atoms with Crippen molar-refractivity contribution in [3.05, 3.63) is 23.7 Å². The van der Waals surface area contributed by atoms with Crippen molar-refractivity contribution in [3.63, 3.8) is 0 Å². The van der Waals surface area contributed by atoms with Crippen LogP contribution in [0, 0.1) is 5.41 Å². The van der Waals surface area contributed by atoms with Crippen LogP contribution in [0.25, 0.3) is 0 Å². The lowest BCUT2D eigenvalue weighted by atomic mass is 9.84. The minimum atomic E-state index is -1.25. The van der Waals surface area contributed by atoms with Crippen LogP contribution in [0.1, 0.15) is 48.0 Å². The van der Waals surface area contributed by atoms with E-state index in [1.165, 1.54) is 27.7 Å². The van der Waals surface area contributed by atoms with Crippen LogP contribution >= 0.6 is 0 Å². The number of aliphatic hydroxyl groups excluding tert-OH is 2. The third kappa shape index (κ3) is 11.2. The molecule has 0 bridgehead atoms. The van der Waals surface area contributed by atoms with Gasteiger partial charge in [0, 0.05) is 12.2 Å². The lowest BCUT2D eigenvalue weighted by Gasteiger charge is -2.31. The third-order valence-electron chi connectivity index (χ3n) is 3.89. The summed E-state index contributed by atoms with van der Waals surface area (Å²) in [5, 5.41) is 30.8. The maximum Gasteiger partial charge on any atom is 0.333 e. The zero-order valence-electron chi connectivity index (χ0n) is 18.7. The standard InChI is InChI=1S/C21H36O9/c1-13(2)18(24)28-11-17(6)30-12-21(7,20(26)29-10-16(5)23)8-14(3)19(25)27-9-15(4)22/h15-17,22-23,25H,1,8-12H2,2-7H3/p-1/b19-14+. The highest BCUT2D eigenvalue weighted by Gasteiger charge is 2.37. The molecule has 2 N–H and O–H groups in total. The van der Waals surface area contributed by atoms with Gasteiger partial charge in [0.15, 0.2) is 0 Å². The van der Waals surface area contributed by atoms with Gasteiger partial charge in [0.25, 0.3) is 0 Å². The number of ether oxygens (including phenoxy) is 4. The topological polar surface area (TPSA) is 135 Å². The first kappa shape index (κ1) is 27.9. The van der Waals surface area contributed by atoms with Gasteiger partial charge in [-0.05, 0) is 48.0 Å². The lowest BCUT2D eigenvalue weighted by Crippen LogP contribution is -2.38. The van der Waals surface area contributed by atoms with Gasteiger partial charge in [0.2, 0.25) is 0 Å². The number of aliphatic hydroxyl groups is 2. The van der Waals surface area contributed by atoms with E-state index in [1.54, 1.807) is 13.8 Å². The van der Waals surface area contributed by atoms with E-state index in [4.69, 9.17) is 18.9 Å². The largest absolute Gasteiger partial charge is 0.611 e. The molecule has 0 heterocycles. The molecule has 0 saturated carbocycles. The van der Waals surface area contributed by atoms with Gasteiger partial charge in [-0.3, -0.25) is 4.79 Å². The van der Waals surface area contributed by atoms with Gasteiger partial charge in [-0.15, -0.1) is 0 Å². The summed E-state index contributed by atoms with van der Waals surface area (Å²) < 4.78 is 20.8. The lowest BCUT2D eigenvalue weighted by molar-refractivity contribution is -0.361. The summed E-state index contributed by atoms with van der Waals surface area (Å²) in [5.74, 6) is -1.85. The second kappa shape index (κ2) is 13.3. The van der Waals surface area contributed by atoms with Crippen molar-refractivity contribution in [1.29, 1.82) is 0 Å². The van der Waals surface area contributed by atoms with Crippen LogP contribution in [0.5, 0.6) is 0 Å². The summed E-state index contributed by atoms with van der Waals surface area (Å²) in [7, 11) is 0. The average Bonchev–Trinajstić information content (AvgIpc) is 2.66. The Labute approximate surface area is 178 Å². The van der Waals surface area contributed by atoms with E-state index < -0.39 is 41.6 Å². The van der Waals surface area contributed by atoms with E-state index in [-0.39, 0.29) is 44.0 Å². The minimum absolute atomic E-state index is 0.0252. The molecule has 9 heteroatoms. The Morgan fingerprint density at radius 2 is 1.53 bits per heavy atom. The average molecular weight is 432 g/mol. The zero-order chi connectivity index (χ0) is 23.5. The molecule has 0 rings (SSSR count). The van der Waals surface area contributed by atoms with Gasteiger partial charge in [0.1, 0.15) is 13.2 Å². The smallest absolute Gasteiger partial charge is 0.333 e. The Hall–Kier alpha value is -2.10. The number of carbonyl (C=O) groups is 2. The molecule has 0 aromatic rings. The zero-order valence-corrected chi connectivity index (χ0v) is 18.7. The number of allylic oxidation sites excluding steroid dienone is 1. The monoisotopic (exact) mass is 431 g/mol. The van der Waals surface area contributed by atoms with E-state index in [0.717, 1.165) is 0 Å². The molecule has 0 radical (unpaired) electrons. The van der Waals surface area contributed by atoms with Crippen LogP contribution in [0.4, 0.5) is 0 Å². The summed E-state index contributed by atoms with van der Waals surface area (Å²) in [6.45, 7) is 12.2. The van der Waals surface area contributed by atoms with Crippen molar-refractivity contribution in [3.8, 4) is 0 Å². The molecule has 4 atom stereocenters. The minimum Gasteiger partial charge on any atom is -0.611 e. The van der Waals surface area contributed by atoms with Gasteiger partial charge >= 0.3 is 11.9 Å². The molecule has 0 aliphatic rings. The first-order valence-electron chi connectivity index (χ1n) is 9.75. The molecule has 0 saturated heterocycles. The number of esters is 2. The maximum atomic E-state index is 12.6.